The van der Waals surface area contributed by atoms with Crippen molar-refractivity contribution in [3.8, 4) is 0 Å². The Hall–Kier alpha value is -0.0800. The van der Waals surface area contributed by atoms with Crippen LogP contribution in [0.2, 0.25) is 0 Å². The minimum absolute atomic E-state index is 0.651. The van der Waals surface area contributed by atoms with Crippen molar-refractivity contribution in [2.75, 3.05) is 0 Å². The van der Waals surface area contributed by atoms with Crippen LogP contribution in [0, 0.1) is 11.8 Å². The van der Waals surface area contributed by atoms with E-state index in [0.717, 1.165) is 11.8 Å². The number of rotatable bonds is 2. The largest absolute Gasteiger partial charge is 0.369 e. The van der Waals surface area contributed by atoms with Crippen LogP contribution >= 0.6 is 0 Å². The highest BCUT2D eigenvalue weighted by molar-refractivity contribution is 4.99. The molecule has 4 fully saturated rings. The third kappa shape index (κ3) is 1.53. The summed E-state index contributed by atoms with van der Waals surface area (Å²) in [6, 6.07) is 0. The number of hydrogen-bond acceptors (Lipinski definition) is 2. The maximum atomic E-state index is 5.74. The number of ether oxygens (including phenoxy) is 2. The van der Waals surface area contributed by atoms with E-state index in [1.54, 1.807) is 0 Å². The molecular weight excluding hydrogens is 188 g/mol. The first-order valence-corrected chi connectivity index (χ1v) is 6.73. The van der Waals surface area contributed by atoms with Crippen LogP contribution in [0.25, 0.3) is 0 Å². The summed E-state index contributed by atoms with van der Waals surface area (Å²) in [5.74, 6) is 1.74. The molecule has 0 N–H and O–H groups in total. The first-order chi connectivity index (χ1) is 7.42. The lowest BCUT2D eigenvalue weighted by molar-refractivity contribution is 0.229. The molecular formula is C13H20O2. The predicted octanol–water partition coefficient (Wildman–Crippen LogP) is 2.51. The molecule has 2 heterocycles. The Morgan fingerprint density at radius 2 is 1.27 bits per heavy atom. The van der Waals surface area contributed by atoms with E-state index in [0.29, 0.717) is 24.4 Å². The van der Waals surface area contributed by atoms with E-state index < -0.39 is 0 Å². The van der Waals surface area contributed by atoms with Crippen LogP contribution in [0.5, 0.6) is 0 Å². The summed E-state index contributed by atoms with van der Waals surface area (Å²) in [6.07, 6.45) is 12.3. The van der Waals surface area contributed by atoms with Crippen molar-refractivity contribution in [1.29, 1.82) is 0 Å². The zero-order valence-electron chi connectivity index (χ0n) is 9.23. The normalized spacial score (nSPS) is 56.8. The second kappa shape index (κ2) is 3.21. The molecule has 0 spiro atoms. The van der Waals surface area contributed by atoms with Gasteiger partial charge in [-0.05, 0) is 43.9 Å². The van der Waals surface area contributed by atoms with Gasteiger partial charge in [0.1, 0.15) is 0 Å². The molecule has 0 bridgehead atoms. The molecule has 0 radical (unpaired) electrons. The first-order valence-electron chi connectivity index (χ1n) is 6.73. The average molecular weight is 208 g/mol. The van der Waals surface area contributed by atoms with Crippen molar-refractivity contribution in [3.05, 3.63) is 0 Å². The molecule has 0 amide bonds. The van der Waals surface area contributed by atoms with Gasteiger partial charge in [0.2, 0.25) is 0 Å². The third-order valence-electron chi connectivity index (χ3n) is 4.91. The van der Waals surface area contributed by atoms with Gasteiger partial charge >= 0.3 is 0 Å². The predicted molar refractivity (Wildman–Crippen MR) is 56.6 cm³/mol. The summed E-state index contributed by atoms with van der Waals surface area (Å²) in [6.45, 7) is 0. The highest BCUT2D eigenvalue weighted by Gasteiger charge is 2.51. The molecule has 2 nitrogen and oxygen atoms in total. The van der Waals surface area contributed by atoms with E-state index in [4.69, 9.17) is 9.47 Å². The van der Waals surface area contributed by atoms with E-state index in [1.807, 2.05) is 0 Å². The van der Waals surface area contributed by atoms with Gasteiger partial charge in [0.05, 0.1) is 24.4 Å². The molecule has 2 aliphatic carbocycles. The maximum absolute atomic E-state index is 5.74. The van der Waals surface area contributed by atoms with Crippen LogP contribution < -0.4 is 0 Å². The lowest BCUT2D eigenvalue weighted by Crippen LogP contribution is -2.24. The second-order valence-corrected chi connectivity index (χ2v) is 5.90. The molecule has 6 unspecified atom stereocenters. The Morgan fingerprint density at radius 1 is 0.733 bits per heavy atom. The van der Waals surface area contributed by atoms with Gasteiger partial charge in [-0.25, -0.2) is 0 Å². The van der Waals surface area contributed by atoms with Crippen molar-refractivity contribution in [2.24, 2.45) is 11.8 Å². The van der Waals surface area contributed by atoms with Gasteiger partial charge < -0.3 is 9.47 Å². The molecule has 15 heavy (non-hydrogen) atoms. The number of hydrogen-bond donors (Lipinski definition) is 0. The van der Waals surface area contributed by atoms with Gasteiger partial charge in [-0.15, -0.1) is 0 Å². The quantitative estimate of drug-likeness (QED) is 0.651. The summed E-state index contributed by atoms with van der Waals surface area (Å²) in [7, 11) is 0. The van der Waals surface area contributed by atoms with Crippen LogP contribution in [-0.4, -0.2) is 24.4 Å². The zero-order chi connectivity index (χ0) is 9.83. The summed E-state index contributed by atoms with van der Waals surface area (Å²) < 4.78 is 11.5. The Bertz CT molecular complexity index is 239. The van der Waals surface area contributed by atoms with E-state index >= 15 is 0 Å². The average Bonchev–Trinajstić information content (AvgIpc) is 3.12. The van der Waals surface area contributed by atoms with E-state index in [1.165, 1.54) is 44.9 Å². The maximum Gasteiger partial charge on any atom is 0.0870 e. The number of fused-ring (bicyclic) bond motifs is 2. The second-order valence-electron chi connectivity index (χ2n) is 5.90. The molecule has 4 aliphatic rings. The van der Waals surface area contributed by atoms with Gasteiger partial charge in [-0.2, -0.15) is 0 Å². The van der Waals surface area contributed by atoms with Gasteiger partial charge in [-0.1, -0.05) is 12.8 Å². The molecule has 6 atom stereocenters. The fraction of sp³-hybridized carbons (Fsp3) is 1.00. The molecule has 84 valence electrons. The van der Waals surface area contributed by atoms with Crippen molar-refractivity contribution in [3.63, 3.8) is 0 Å². The third-order valence-corrected chi connectivity index (χ3v) is 4.91. The van der Waals surface area contributed by atoms with Crippen LogP contribution in [-0.2, 0) is 9.47 Å². The Kier molecular flexibility index (Phi) is 1.92. The fourth-order valence-corrected chi connectivity index (χ4v) is 3.99. The van der Waals surface area contributed by atoms with Gasteiger partial charge in [0.25, 0.3) is 0 Å². The molecule has 0 aromatic heterocycles. The highest BCUT2D eigenvalue weighted by Crippen LogP contribution is 2.48. The smallest absolute Gasteiger partial charge is 0.0870 e. The lowest BCUT2D eigenvalue weighted by atomic mass is 9.77. The molecule has 0 aromatic carbocycles. The van der Waals surface area contributed by atoms with E-state index in [9.17, 15) is 0 Å². The first kappa shape index (κ1) is 9.00. The van der Waals surface area contributed by atoms with Crippen molar-refractivity contribution in [2.45, 2.75) is 69.4 Å². The molecule has 2 saturated heterocycles. The number of epoxide rings is 2. The summed E-state index contributed by atoms with van der Waals surface area (Å²) >= 11 is 0. The molecule has 0 aromatic rings. The van der Waals surface area contributed by atoms with Crippen molar-refractivity contribution in [1.82, 2.24) is 0 Å². The van der Waals surface area contributed by atoms with Crippen LogP contribution in [0.1, 0.15) is 44.9 Å². The fourth-order valence-electron chi connectivity index (χ4n) is 3.99. The zero-order valence-corrected chi connectivity index (χ0v) is 9.23. The molecule has 2 heteroatoms. The van der Waals surface area contributed by atoms with Crippen LogP contribution in [0.4, 0.5) is 0 Å². The van der Waals surface area contributed by atoms with Crippen LogP contribution in [0.15, 0.2) is 0 Å². The van der Waals surface area contributed by atoms with Gasteiger partial charge in [0.15, 0.2) is 0 Å². The topological polar surface area (TPSA) is 25.1 Å². The van der Waals surface area contributed by atoms with Gasteiger partial charge in [0, 0.05) is 0 Å². The SMILES string of the molecule is C1CC(CC2CCCC3OC23)C2OC2C1. The summed E-state index contributed by atoms with van der Waals surface area (Å²) in [4.78, 5) is 0. The van der Waals surface area contributed by atoms with E-state index in [-0.39, 0.29) is 0 Å². The molecule has 4 rings (SSSR count). The lowest BCUT2D eigenvalue weighted by Gasteiger charge is -2.25. The monoisotopic (exact) mass is 208 g/mol. The van der Waals surface area contributed by atoms with Crippen molar-refractivity contribution >= 4 is 0 Å². The molecule has 2 saturated carbocycles. The molecule has 2 aliphatic heterocycles. The van der Waals surface area contributed by atoms with Crippen molar-refractivity contribution < 1.29 is 9.47 Å². The minimum Gasteiger partial charge on any atom is -0.369 e. The summed E-state index contributed by atoms with van der Waals surface area (Å²) in [5.41, 5.74) is 0. The van der Waals surface area contributed by atoms with Crippen LogP contribution in [0.3, 0.4) is 0 Å². The Labute approximate surface area is 91.3 Å². The highest BCUT2D eigenvalue weighted by atomic mass is 16.6. The van der Waals surface area contributed by atoms with Gasteiger partial charge in [-0.3, -0.25) is 0 Å². The Balaban J connectivity index is 1.38. The van der Waals surface area contributed by atoms with E-state index in [2.05, 4.69) is 0 Å². The standard InChI is InChI=1S/C13H20O2/c1-3-8(12-10(5-1)14-12)7-9-4-2-6-11-13(9)15-11/h8-13H,1-7H2. The minimum atomic E-state index is 0.651. The summed E-state index contributed by atoms with van der Waals surface area (Å²) in [5, 5.41) is 0. The Morgan fingerprint density at radius 3 is 1.80 bits per heavy atom.